The average molecular weight is 323 g/mol. The maximum absolute atomic E-state index is 12.3. The molecule has 6 nitrogen and oxygen atoms in total. The molecule has 1 aliphatic rings. The summed E-state index contributed by atoms with van der Waals surface area (Å²) in [5.41, 5.74) is 3.67. The molecular weight excluding hydrogens is 306 g/mol. The molecule has 3 aromatic rings. The van der Waals surface area contributed by atoms with Crippen molar-refractivity contribution in [1.82, 2.24) is 14.4 Å². The Hall–Kier alpha value is -2.89. The van der Waals surface area contributed by atoms with Crippen molar-refractivity contribution >= 4 is 11.6 Å². The SMILES string of the molecule is CC1(CCCC(=O)O)c2ccccc2-c2[nH]c(=O)c3nccn3c21. The molecule has 1 aliphatic carbocycles. The Morgan fingerprint density at radius 2 is 2.17 bits per heavy atom. The van der Waals surface area contributed by atoms with Crippen molar-refractivity contribution in [1.29, 1.82) is 0 Å². The first kappa shape index (κ1) is 14.7. The average Bonchev–Trinajstić information content (AvgIpc) is 3.11. The Morgan fingerprint density at radius 1 is 1.38 bits per heavy atom. The molecule has 0 radical (unpaired) electrons. The molecule has 2 aromatic heterocycles. The summed E-state index contributed by atoms with van der Waals surface area (Å²) in [5.74, 6) is -0.792. The Morgan fingerprint density at radius 3 is 2.96 bits per heavy atom. The van der Waals surface area contributed by atoms with Crippen molar-refractivity contribution < 1.29 is 9.90 Å². The highest BCUT2D eigenvalue weighted by Crippen LogP contribution is 2.49. The Kier molecular flexibility index (Phi) is 3.09. The highest BCUT2D eigenvalue weighted by molar-refractivity contribution is 5.77. The van der Waals surface area contributed by atoms with Gasteiger partial charge in [0.15, 0.2) is 0 Å². The summed E-state index contributed by atoms with van der Waals surface area (Å²) < 4.78 is 1.84. The first-order valence-electron chi connectivity index (χ1n) is 7.94. The van der Waals surface area contributed by atoms with Crippen LogP contribution in [0.2, 0.25) is 0 Å². The number of H-pyrrole nitrogens is 1. The number of fused-ring (bicyclic) bond motifs is 5. The first-order chi connectivity index (χ1) is 11.5. The van der Waals surface area contributed by atoms with Crippen LogP contribution in [-0.4, -0.2) is 25.4 Å². The van der Waals surface area contributed by atoms with E-state index in [4.69, 9.17) is 5.11 Å². The summed E-state index contributed by atoms with van der Waals surface area (Å²) in [5, 5.41) is 8.97. The molecule has 0 bridgehead atoms. The molecular formula is C18H17N3O3. The molecule has 1 aromatic carbocycles. The fourth-order valence-corrected chi connectivity index (χ4v) is 3.89. The van der Waals surface area contributed by atoms with E-state index in [0.717, 1.165) is 22.5 Å². The van der Waals surface area contributed by atoms with Crippen LogP contribution in [0.3, 0.4) is 0 Å². The minimum Gasteiger partial charge on any atom is -0.481 e. The summed E-state index contributed by atoms with van der Waals surface area (Å²) >= 11 is 0. The highest BCUT2D eigenvalue weighted by atomic mass is 16.4. The number of aliphatic carboxylic acids is 1. The van der Waals surface area contributed by atoms with Gasteiger partial charge in [0, 0.05) is 29.8 Å². The molecule has 1 unspecified atom stereocenters. The molecule has 0 fully saturated rings. The fraction of sp³-hybridized carbons (Fsp3) is 0.278. The molecule has 0 spiro atoms. The van der Waals surface area contributed by atoms with Crippen LogP contribution in [0.25, 0.3) is 16.9 Å². The lowest BCUT2D eigenvalue weighted by molar-refractivity contribution is -0.137. The number of benzene rings is 1. The molecule has 1 atom stereocenters. The fourth-order valence-electron chi connectivity index (χ4n) is 3.89. The second kappa shape index (κ2) is 5.06. The van der Waals surface area contributed by atoms with Crippen molar-refractivity contribution in [2.75, 3.05) is 0 Å². The topological polar surface area (TPSA) is 87.5 Å². The third kappa shape index (κ3) is 1.92. The van der Waals surface area contributed by atoms with E-state index < -0.39 is 5.97 Å². The number of nitrogens with zero attached hydrogens (tertiary/aromatic N) is 2. The number of carboxylic acid groups (broad SMARTS) is 1. The van der Waals surface area contributed by atoms with Gasteiger partial charge < -0.3 is 10.1 Å². The molecule has 0 saturated carbocycles. The van der Waals surface area contributed by atoms with E-state index in [1.807, 2.05) is 22.6 Å². The van der Waals surface area contributed by atoms with Crippen molar-refractivity contribution in [3.63, 3.8) is 0 Å². The van der Waals surface area contributed by atoms with Gasteiger partial charge in [-0.15, -0.1) is 0 Å². The second-order valence-electron chi connectivity index (χ2n) is 6.42. The number of imidazole rings is 1. The Balaban J connectivity index is 1.97. The van der Waals surface area contributed by atoms with Gasteiger partial charge in [-0.1, -0.05) is 24.3 Å². The van der Waals surface area contributed by atoms with Crippen molar-refractivity contribution in [3.05, 3.63) is 58.3 Å². The van der Waals surface area contributed by atoms with Crippen molar-refractivity contribution in [3.8, 4) is 11.3 Å². The van der Waals surface area contributed by atoms with E-state index in [2.05, 4.69) is 23.0 Å². The second-order valence-corrected chi connectivity index (χ2v) is 6.42. The zero-order chi connectivity index (χ0) is 16.9. The van der Waals surface area contributed by atoms with Crippen LogP contribution in [0.5, 0.6) is 0 Å². The molecule has 6 heteroatoms. The van der Waals surface area contributed by atoms with E-state index in [0.29, 0.717) is 18.5 Å². The van der Waals surface area contributed by atoms with Gasteiger partial charge in [0.05, 0.1) is 11.4 Å². The van der Waals surface area contributed by atoms with Gasteiger partial charge in [-0.25, -0.2) is 4.98 Å². The normalized spacial score (nSPS) is 18.5. The number of carbonyl (C=O) groups is 1. The largest absolute Gasteiger partial charge is 0.481 e. The summed E-state index contributed by atoms with van der Waals surface area (Å²) in [4.78, 5) is 30.4. The van der Waals surface area contributed by atoms with E-state index >= 15 is 0 Å². The van der Waals surface area contributed by atoms with Gasteiger partial charge in [-0.05, 0) is 25.3 Å². The van der Waals surface area contributed by atoms with Gasteiger partial charge in [0.25, 0.3) is 5.56 Å². The number of aromatic nitrogens is 3. The van der Waals surface area contributed by atoms with Crippen LogP contribution in [0.4, 0.5) is 0 Å². The molecule has 0 amide bonds. The molecule has 122 valence electrons. The summed E-state index contributed by atoms with van der Waals surface area (Å²) in [6.07, 6.45) is 4.79. The minimum atomic E-state index is -0.792. The van der Waals surface area contributed by atoms with Gasteiger partial charge >= 0.3 is 5.97 Å². The third-order valence-electron chi connectivity index (χ3n) is 4.94. The lowest BCUT2D eigenvalue weighted by Gasteiger charge is -2.27. The number of rotatable bonds is 4. The number of hydrogen-bond acceptors (Lipinski definition) is 3. The third-order valence-corrected chi connectivity index (χ3v) is 4.94. The number of hydrogen-bond donors (Lipinski definition) is 2. The summed E-state index contributed by atoms with van der Waals surface area (Å²) in [6, 6.07) is 7.97. The van der Waals surface area contributed by atoms with E-state index in [1.54, 1.807) is 12.4 Å². The zero-order valence-electron chi connectivity index (χ0n) is 13.2. The number of carboxylic acids is 1. The monoisotopic (exact) mass is 323 g/mol. The molecule has 0 saturated heterocycles. The van der Waals surface area contributed by atoms with Crippen LogP contribution in [0.1, 0.15) is 37.4 Å². The van der Waals surface area contributed by atoms with E-state index in [9.17, 15) is 9.59 Å². The Bertz CT molecular complexity index is 1020. The smallest absolute Gasteiger partial charge is 0.303 e. The number of aromatic amines is 1. The molecule has 4 rings (SSSR count). The van der Waals surface area contributed by atoms with Crippen molar-refractivity contribution in [2.24, 2.45) is 0 Å². The maximum Gasteiger partial charge on any atom is 0.303 e. The van der Waals surface area contributed by atoms with Crippen LogP contribution in [0, 0.1) is 0 Å². The molecule has 24 heavy (non-hydrogen) atoms. The van der Waals surface area contributed by atoms with Gasteiger partial charge in [0.1, 0.15) is 0 Å². The van der Waals surface area contributed by atoms with E-state index in [-0.39, 0.29) is 17.4 Å². The predicted octanol–water partition coefficient (Wildman–Crippen LogP) is 2.56. The lowest BCUT2D eigenvalue weighted by atomic mass is 9.78. The predicted molar refractivity (Wildman–Crippen MR) is 89.2 cm³/mol. The summed E-state index contributed by atoms with van der Waals surface area (Å²) in [7, 11) is 0. The van der Waals surface area contributed by atoms with Gasteiger partial charge in [0.2, 0.25) is 5.65 Å². The summed E-state index contributed by atoms with van der Waals surface area (Å²) in [6.45, 7) is 2.11. The first-order valence-corrected chi connectivity index (χ1v) is 7.94. The molecule has 2 heterocycles. The minimum absolute atomic E-state index is 0.128. The zero-order valence-corrected chi connectivity index (χ0v) is 13.2. The lowest BCUT2D eigenvalue weighted by Crippen LogP contribution is -2.26. The van der Waals surface area contributed by atoms with Crippen LogP contribution < -0.4 is 5.56 Å². The molecule has 0 aliphatic heterocycles. The standard InChI is InChI=1S/C18H17N3O3/c1-18(8-4-7-13(22)23)12-6-3-2-5-11(12)14-15(18)21-10-9-19-16(21)17(24)20-14/h2-3,5-6,9-10H,4,7-8H2,1H3,(H,20,24)(H,22,23). The molecule has 2 N–H and O–H groups in total. The highest BCUT2D eigenvalue weighted by Gasteiger charge is 2.41. The van der Waals surface area contributed by atoms with Gasteiger partial charge in [-0.2, -0.15) is 0 Å². The van der Waals surface area contributed by atoms with Crippen LogP contribution >= 0.6 is 0 Å². The van der Waals surface area contributed by atoms with Crippen molar-refractivity contribution in [2.45, 2.75) is 31.6 Å². The number of nitrogens with one attached hydrogen (secondary N) is 1. The van der Waals surface area contributed by atoms with E-state index in [1.165, 1.54) is 0 Å². The quantitative estimate of drug-likeness (QED) is 0.772. The maximum atomic E-state index is 12.3. The van der Waals surface area contributed by atoms with Crippen LogP contribution in [0.15, 0.2) is 41.5 Å². The van der Waals surface area contributed by atoms with Crippen LogP contribution in [-0.2, 0) is 10.2 Å². The Labute approximate surface area is 137 Å². The van der Waals surface area contributed by atoms with Gasteiger partial charge in [-0.3, -0.25) is 14.0 Å².